The number of rotatable bonds is 54. The first-order valence-corrected chi connectivity index (χ1v) is 31.4. The Kier molecular flexibility index (Phi) is 49.5. The van der Waals surface area contributed by atoms with Gasteiger partial charge in [0.15, 0.2) is 6.29 Å². The summed E-state index contributed by atoms with van der Waals surface area (Å²) < 4.78 is 11.1. The number of amides is 1. The topological polar surface area (TPSA) is 189 Å². The number of carbonyl (C=O) groups excluding carboxylic acids is 1. The van der Waals surface area contributed by atoms with E-state index in [9.17, 15) is 40.5 Å². The Morgan fingerprint density at radius 1 is 0.459 bits per heavy atom. The van der Waals surface area contributed by atoms with E-state index in [2.05, 4.69) is 55.6 Å². The second kappa shape index (κ2) is 52.1. The Morgan fingerprint density at radius 3 is 1.20 bits per heavy atom. The van der Waals surface area contributed by atoms with E-state index >= 15 is 0 Å². The summed E-state index contributed by atoms with van der Waals surface area (Å²) in [6.07, 6.45) is 53.7. The number of aliphatic hydroxyl groups excluding tert-OH is 7. The summed E-state index contributed by atoms with van der Waals surface area (Å²) in [4.78, 5) is 13.2. The van der Waals surface area contributed by atoms with Crippen LogP contribution in [-0.2, 0) is 14.3 Å². The van der Waals surface area contributed by atoms with Gasteiger partial charge in [-0.15, -0.1) is 0 Å². The Hall–Kier alpha value is -1.67. The minimum Gasteiger partial charge on any atom is -0.394 e. The SMILES string of the molecule is CCCCCCCCC/C=C\CCCCCCC(O)C(=O)NC(COC1OC(CO)C(O)C(O)C1O)C(O)C(O)CCC/C=C/CC/C=C/CCCCCCCCCCCCCCCCCCCCCCCCC. The third-order valence-corrected chi connectivity index (χ3v) is 15.1. The number of ether oxygens (including phenoxy) is 2. The molecule has 0 bridgehead atoms. The second-order valence-corrected chi connectivity index (χ2v) is 22.1. The van der Waals surface area contributed by atoms with Crippen molar-refractivity contribution in [1.82, 2.24) is 5.32 Å². The van der Waals surface area contributed by atoms with Gasteiger partial charge in [0, 0.05) is 0 Å². The van der Waals surface area contributed by atoms with Crippen LogP contribution in [0.1, 0.15) is 290 Å². The van der Waals surface area contributed by atoms with Crippen molar-refractivity contribution < 1.29 is 50.0 Å². The van der Waals surface area contributed by atoms with Crippen LogP contribution in [0.15, 0.2) is 36.5 Å². The average Bonchev–Trinajstić information content (AvgIpc) is 3.40. The Balaban J connectivity index is 2.25. The molecule has 1 aliphatic rings. The highest BCUT2D eigenvalue weighted by atomic mass is 16.7. The van der Waals surface area contributed by atoms with Crippen LogP contribution in [0.25, 0.3) is 0 Å². The first-order chi connectivity index (χ1) is 36.2. The minimum absolute atomic E-state index is 0.237. The second-order valence-electron chi connectivity index (χ2n) is 22.1. The highest BCUT2D eigenvalue weighted by Crippen LogP contribution is 2.23. The van der Waals surface area contributed by atoms with Gasteiger partial charge in [-0.2, -0.15) is 0 Å². The summed E-state index contributed by atoms with van der Waals surface area (Å²) in [7, 11) is 0. The van der Waals surface area contributed by atoms with E-state index in [4.69, 9.17) is 9.47 Å². The van der Waals surface area contributed by atoms with Crippen LogP contribution in [0.4, 0.5) is 0 Å². The molecule has 1 saturated heterocycles. The summed E-state index contributed by atoms with van der Waals surface area (Å²) in [6.45, 7) is 3.45. The Labute approximate surface area is 454 Å². The van der Waals surface area contributed by atoms with Crippen molar-refractivity contribution in [3.8, 4) is 0 Å². The third-order valence-electron chi connectivity index (χ3n) is 15.1. The summed E-state index contributed by atoms with van der Waals surface area (Å²) >= 11 is 0. The van der Waals surface area contributed by atoms with Crippen molar-refractivity contribution in [2.24, 2.45) is 0 Å². The molecule has 1 rings (SSSR count). The maximum atomic E-state index is 13.2. The van der Waals surface area contributed by atoms with Gasteiger partial charge in [-0.1, -0.05) is 249 Å². The van der Waals surface area contributed by atoms with Crippen molar-refractivity contribution in [3.05, 3.63) is 36.5 Å². The Morgan fingerprint density at radius 2 is 0.811 bits per heavy atom. The number of allylic oxidation sites excluding steroid dienone is 6. The zero-order valence-corrected chi connectivity index (χ0v) is 47.8. The lowest BCUT2D eigenvalue weighted by Gasteiger charge is -2.40. The maximum Gasteiger partial charge on any atom is 0.249 e. The van der Waals surface area contributed by atoms with Gasteiger partial charge in [-0.3, -0.25) is 4.79 Å². The molecule has 0 radical (unpaired) electrons. The van der Waals surface area contributed by atoms with Gasteiger partial charge < -0.3 is 50.5 Å². The van der Waals surface area contributed by atoms with Crippen molar-refractivity contribution in [2.75, 3.05) is 13.2 Å². The largest absolute Gasteiger partial charge is 0.394 e. The van der Waals surface area contributed by atoms with Crippen LogP contribution in [0, 0.1) is 0 Å². The smallest absolute Gasteiger partial charge is 0.249 e. The molecule has 11 heteroatoms. The molecule has 9 atom stereocenters. The van der Waals surface area contributed by atoms with Crippen molar-refractivity contribution in [1.29, 1.82) is 0 Å². The fraction of sp³-hybridized carbons (Fsp3) is 0.889. The van der Waals surface area contributed by atoms with Gasteiger partial charge in [0.2, 0.25) is 5.91 Å². The lowest BCUT2D eigenvalue weighted by Crippen LogP contribution is -2.60. The maximum absolute atomic E-state index is 13.2. The summed E-state index contributed by atoms with van der Waals surface area (Å²) in [5.74, 6) is -0.717. The predicted octanol–water partition coefficient (Wildman–Crippen LogP) is 13.9. The van der Waals surface area contributed by atoms with Crippen LogP contribution in [-0.4, -0.2) is 110 Å². The van der Waals surface area contributed by atoms with E-state index in [1.807, 2.05) is 0 Å². The van der Waals surface area contributed by atoms with Crippen LogP contribution < -0.4 is 5.32 Å². The molecule has 1 aliphatic heterocycles. The molecule has 11 nitrogen and oxygen atoms in total. The molecule has 74 heavy (non-hydrogen) atoms. The highest BCUT2D eigenvalue weighted by Gasteiger charge is 2.44. The van der Waals surface area contributed by atoms with Gasteiger partial charge in [0.25, 0.3) is 0 Å². The van der Waals surface area contributed by atoms with E-state index in [0.29, 0.717) is 19.3 Å². The standard InChI is InChI=1S/C63H119NO10/c1-3-5-7-9-11-13-15-17-19-20-21-22-23-24-25-26-27-28-29-30-31-32-33-34-35-37-38-40-42-44-46-48-50-55(66)58(68)54(53-73-63-61(71)60(70)59(69)57(52-65)74-63)64-62(72)56(67)51-49-47-45-43-41-39-36-18-16-14-12-10-8-6-4-2/h35-37,39,42,44,54-61,63,65-71H,3-34,38,40-41,43,45-53H2,1-2H3,(H,64,72)/b37-35+,39-36-,44-42+. The molecule has 1 fully saturated rings. The fourth-order valence-corrected chi connectivity index (χ4v) is 10.0. The van der Waals surface area contributed by atoms with Crippen molar-refractivity contribution >= 4 is 5.91 Å². The number of unbranched alkanes of at least 4 members (excludes halogenated alkanes) is 36. The molecular weight excluding hydrogens is 931 g/mol. The monoisotopic (exact) mass is 1050 g/mol. The molecule has 1 amide bonds. The normalized spacial score (nSPS) is 20.0. The molecule has 9 unspecified atom stereocenters. The van der Waals surface area contributed by atoms with E-state index < -0.39 is 74.2 Å². The predicted molar refractivity (Wildman–Crippen MR) is 307 cm³/mol. The summed E-state index contributed by atoms with van der Waals surface area (Å²) in [5, 5.41) is 76.1. The van der Waals surface area contributed by atoms with Gasteiger partial charge >= 0.3 is 0 Å². The van der Waals surface area contributed by atoms with Crippen LogP contribution in [0.3, 0.4) is 0 Å². The number of aliphatic hydroxyl groups is 7. The molecule has 0 aromatic carbocycles. The summed E-state index contributed by atoms with van der Waals surface area (Å²) in [5.41, 5.74) is 0. The molecule has 0 aliphatic carbocycles. The van der Waals surface area contributed by atoms with Gasteiger partial charge in [-0.25, -0.2) is 0 Å². The van der Waals surface area contributed by atoms with Crippen LogP contribution in [0.2, 0.25) is 0 Å². The molecule has 0 saturated carbocycles. The number of hydrogen-bond donors (Lipinski definition) is 8. The zero-order chi connectivity index (χ0) is 54.0. The molecule has 436 valence electrons. The van der Waals surface area contributed by atoms with E-state index in [1.165, 1.54) is 193 Å². The third kappa shape index (κ3) is 39.7. The number of carbonyl (C=O) groups is 1. The van der Waals surface area contributed by atoms with E-state index in [1.54, 1.807) is 0 Å². The number of nitrogens with one attached hydrogen (secondary N) is 1. The molecule has 8 N–H and O–H groups in total. The fourth-order valence-electron chi connectivity index (χ4n) is 10.0. The molecule has 0 aromatic rings. The quantitative estimate of drug-likeness (QED) is 0.0215. The van der Waals surface area contributed by atoms with Gasteiger partial charge in [0.1, 0.15) is 36.6 Å². The number of hydrogen-bond acceptors (Lipinski definition) is 10. The minimum atomic E-state index is -1.67. The highest BCUT2D eigenvalue weighted by molar-refractivity contribution is 5.80. The first kappa shape index (κ1) is 70.3. The van der Waals surface area contributed by atoms with Crippen molar-refractivity contribution in [2.45, 2.75) is 345 Å². The van der Waals surface area contributed by atoms with Crippen LogP contribution in [0.5, 0.6) is 0 Å². The van der Waals surface area contributed by atoms with Gasteiger partial charge in [0.05, 0.1) is 25.4 Å². The molecule has 0 spiro atoms. The molecule has 1 heterocycles. The Bertz CT molecular complexity index is 1300. The summed E-state index contributed by atoms with van der Waals surface area (Å²) in [6, 6.07) is -1.20. The lowest BCUT2D eigenvalue weighted by molar-refractivity contribution is -0.303. The average molecular weight is 1050 g/mol. The van der Waals surface area contributed by atoms with E-state index in [-0.39, 0.29) is 12.8 Å². The van der Waals surface area contributed by atoms with Crippen molar-refractivity contribution in [3.63, 3.8) is 0 Å². The van der Waals surface area contributed by atoms with Crippen LogP contribution >= 0.6 is 0 Å². The lowest BCUT2D eigenvalue weighted by atomic mass is 9.98. The van der Waals surface area contributed by atoms with Gasteiger partial charge in [-0.05, 0) is 77.0 Å². The molecular formula is C63H119NO10. The molecule has 0 aromatic heterocycles. The zero-order valence-electron chi connectivity index (χ0n) is 47.8. The van der Waals surface area contributed by atoms with E-state index in [0.717, 1.165) is 51.4 Å². The first-order valence-electron chi connectivity index (χ1n) is 31.4.